The Balaban J connectivity index is 3.64. The molecule has 0 radical (unpaired) electrons. The highest BCUT2D eigenvalue weighted by atomic mass is 16.5. The van der Waals surface area contributed by atoms with Gasteiger partial charge in [-0.15, -0.1) is 0 Å². The number of hydrogen-bond donors (Lipinski definition) is 0. The minimum Gasteiger partial charge on any atom is -0.497 e. The summed E-state index contributed by atoms with van der Waals surface area (Å²) in [6, 6.07) is 6.72. The van der Waals surface area contributed by atoms with Crippen molar-refractivity contribution in [3.8, 4) is 11.8 Å². The molecule has 1 rings (SSSR count). The largest absolute Gasteiger partial charge is 0.497 e. The molecule has 0 saturated carbocycles. The predicted octanol–water partition coefficient (Wildman–Crippen LogP) is 1.88. The molecule has 1 amide bonds. The topological polar surface area (TPSA) is 131 Å². The minimum atomic E-state index is -1.67. The van der Waals surface area contributed by atoms with E-state index in [2.05, 4.69) is 16.0 Å². The van der Waals surface area contributed by atoms with Crippen LogP contribution in [0.25, 0.3) is 0 Å². The predicted molar refractivity (Wildman–Crippen MR) is 116 cm³/mol. The van der Waals surface area contributed by atoms with Gasteiger partial charge in [0.25, 0.3) is 5.91 Å². The van der Waals surface area contributed by atoms with Crippen LogP contribution in [-0.2, 0) is 23.9 Å². The number of hydrazone groups is 1. The zero-order valence-electron chi connectivity index (χ0n) is 18.9. The molecule has 0 saturated heterocycles. The molecule has 1 aromatic rings. The summed E-state index contributed by atoms with van der Waals surface area (Å²) in [5, 5.41) is 13.8. The van der Waals surface area contributed by atoms with E-state index in [4.69, 9.17) is 19.5 Å². The quantitative estimate of drug-likeness (QED) is 0.260. The van der Waals surface area contributed by atoms with Crippen molar-refractivity contribution < 1.29 is 28.6 Å². The molecule has 0 bridgehead atoms. The van der Waals surface area contributed by atoms with Crippen molar-refractivity contribution in [2.75, 3.05) is 21.3 Å². The molecule has 10 nitrogen and oxygen atoms in total. The fourth-order valence-corrected chi connectivity index (χ4v) is 2.25. The van der Waals surface area contributed by atoms with Gasteiger partial charge >= 0.3 is 11.9 Å². The van der Waals surface area contributed by atoms with Gasteiger partial charge in [0.2, 0.25) is 0 Å². The molecule has 0 spiro atoms. The highest BCUT2D eigenvalue weighted by Gasteiger charge is 2.38. The summed E-state index contributed by atoms with van der Waals surface area (Å²) in [4.78, 5) is 41.9. The molecule has 170 valence electrons. The van der Waals surface area contributed by atoms with Gasteiger partial charge in [0, 0.05) is 0 Å². The normalized spacial score (nSPS) is 11.5. The average Bonchev–Trinajstić information content (AvgIpc) is 2.76. The van der Waals surface area contributed by atoms with Crippen LogP contribution in [0.2, 0.25) is 0 Å². The van der Waals surface area contributed by atoms with Gasteiger partial charge in [0.1, 0.15) is 17.7 Å². The van der Waals surface area contributed by atoms with Crippen molar-refractivity contribution in [1.29, 1.82) is 5.26 Å². The maximum atomic E-state index is 12.7. The van der Waals surface area contributed by atoms with E-state index in [0.29, 0.717) is 16.3 Å². The Morgan fingerprint density at radius 3 is 2.22 bits per heavy atom. The number of esters is 2. The van der Waals surface area contributed by atoms with E-state index in [-0.39, 0.29) is 0 Å². The Morgan fingerprint density at radius 2 is 1.75 bits per heavy atom. The lowest BCUT2D eigenvalue weighted by molar-refractivity contribution is -0.153. The second-order valence-electron chi connectivity index (χ2n) is 7.32. The van der Waals surface area contributed by atoms with Gasteiger partial charge in [-0.1, -0.05) is 0 Å². The van der Waals surface area contributed by atoms with Crippen LogP contribution >= 0.6 is 0 Å². The number of aliphatic imine (C=N–C) groups is 1. The molecule has 1 unspecified atom stereocenters. The van der Waals surface area contributed by atoms with Crippen molar-refractivity contribution in [2.24, 2.45) is 10.1 Å². The lowest BCUT2D eigenvalue weighted by atomic mass is 10.1. The van der Waals surface area contributed by atoms with E-state index in [1.54, 1.807) is 51.1 Å². The zero-order chi connectivity index (χ0) is 24.3. The van der Waals surface area contributed by atoms with E-state index in [9.17, 15) is 14.4 Å². The van der Waals surface area contributed by atoms with Gasteiger partial charge < -0.3 is 14.2 Å². The molecule has 0 N–H and O–H groups in total. The van der Waals surface area contributed by atoms with Gasteiger partial charge in [-0.2, -0.15) is 10.4 Å². The summed E-state index contributed by atoms with van der Waals surface area (Å²) in [5.41, 5.74) is -0.475. The maximum Gasteiger partial charge on any atom is 0.346 e. The van der Waals surface area contributed by atoms with E-state index in [0.717, 1.165) is 14.2 Å². The number of amides is 1. The zero-order valence-corrected chi connectivity index (χ0v) is 18.9. The third kappa shape index (κ3) is 7.70. The van der Waals surface area contributed by atoms with Crippen molar-refractivity contribution in [3.05, 3.63) is 35.4 Å². The van der Waals surface area contributed by atoms with Gasteiger partial charge in [-0.25, -0.2) is 19.6 Å². The van der Waals surface area contributed by atoms with Gasteiger partial charge in [0.15, 0.2) is 6.04 Å². The van der Waals surface area contributed by atoms with Crippen LogP contribution in [0, 0.1) is 11.3 Å². The molecule has 1 atom stereocenters. The van der Waals surface area contributed by atoms with Gasteiger partial charge in [-0.05, 0) is 56.5 Å². The molecule has 10 heteroatoms. The minimum absolute atomic E-state index is 0.396. The Labute approximate surface area is 186 Å². The summed E-state index contributed by atoms with van der Waals surface area (Å²) in [5.74, 6) is 0.345. The number of methoxy groups -OCH3 is 3. The maximum absolute atomic E-state index is 12.7. The highest BCUT2D eigenvalue weighted by molar-refractivity contribution is 6.06. The Kier molecular flexibility index (Phi) is 9.80. The van der Waals surface area contributed by atoms with E-state index in [1.165, 1.54) is 13.3 Å². The summed E-state index contributed by atoms with van der Waals surface area (Å²) in [6.45, 7) is 5.26. The standard InChI is InChI=1S/C22H26N4O6/c1-22(2,3)24-14-17(20(28)31-5)19(21(29)32-6)26(18(27)11-12-23)25-13-15-7-9-16(30-4)10-8-15/h7-10,13,19H,11H2,1-6H3/b25-13+. The van der Waals surface area contributed by atoms with Crippen molar-refractivity contribution in [3.63, 3.8) is 0 Å². The fourth-order valence-electron chi connectivity index (χ4n) is 2.25. The van der Waals surface area contributed by atoms with Crippen LogP contribution in [0.1, 0.15) is 32.8 Å². The second-order valence-corrected chi connectivity index (χ2v) is 7.32. The molecular formula is C22H26N4O6. The van der Waals surface area contributed by atoms with Crippen LogP contribution in [0.5, 0.6) is 5.75 Å². The molecule has 0 aromatic heterocycles. The molecule has 0 heterocycles. The summed E-state index contributed by atoms with van der Waals surface area (Å²) in [7, 11) is 3.72. The van der Waals surface area contributed by atoms with E-state index in [1.807, 2.05) is 0 Å². The first-order valence-electron chi connectivity index (χ1n) is 9.45. The number of carbonyl (C=O) groups is 3. The second kappa shape index (κ2) is 12.0. The van der Waals surface area contributed by atoms with Crippen molar-refractivity contribution in [2.45, 2.75) is 38.8 Å². The fraction of sp³-hybridized carbons (Fsp3) is 0.409. The Hall–Kier alpha value is -3.96. The monoisotopic (exact) mass is 442 g/mol. The Bertz CT molecular complexity index is 964. The van der Waals surface area contributed by atoms with Crippen LogP contribution in [0.15, 0.2) is 39.9 Å². The van der Waals surface area contributed by atoms with Crippen molar-refractivity contribution in [1.82, 2.24) is 5.01 Å². The molecule has 0 fully saturated rings. The smallest absolute Gasteiger partial charge is 0.346 e. The summed E-state index contributed by atoms with van der Waals surface area (Å²) in [6.07, 6.45) is 0.693. The first-order valence-corrected chi connectivity index (χ1v) is 9.45. The Morgan fingerprint density at radius 1 is 1.12 bits per heavy atom. The number of carbonyl (C=O) groups excluding carboxylic acids is 3. The molecule has 0 aliphatic rings. The lowest BCUT2D eigenvalue weighted by Crippen LogP contribution is -2.46. The summed E-state index contributed by atoms with van der Waals surface area (Å²) < 4.78 is 14.6. The van der Waals surface area contributed by atoms with Crippen LogP contribution in [0.4, 0.5) is 0 Å². The van der Waals surface area contributed by atoms with Crippen LogP contribution < -0.4 is 4.74 Å². The average molecular weight is 442 g/mol. The molecule has 0 aliphatic heterocycles. The highest BCUT2D eigenvalue weighted by Crippen LogP contribution is 2.17. The SMILES string of the molecule is COC(=O)C(=C=NC(C)(C)C)C(C(=O)OC)N(/N=C/c1ccc(OC)cc1)C(=O)CC#N. The van der Waals surface area contributed by atoms with E-state index >= 15 is 0 Å². The number of hydrogen-bond acceptors (Lipinski definition) is 9. The molecule has 32 heavy (non-hydrogen) atoms. The van der Waals surface area contributed by atoms with Gasteiger partial charge in [-0.3, -0.25) is 4.79 Å². The first kappa shape index (κ1) is 26.1. The number of rotatable bonds is 8. The number of ether oxygens (including phenoxy) is 3. The van der Waals surface area contributed by atoms with Crippen molar-refractivity contribution >= 4 is 29.9 Å². The molecule has 1 aromatic carbocycles. The number of benzene rings is 1. The lowest BCUT2D eigenvalue weighted by Gasteiger charge is -2.25. The van der Waals surface area contributed by atoms with Crippen LogP contribution in [-0.4, -0.2) is 67.8 Å². The van der Waals surface area contributed by atoms with E-state index < -0.39 is 41.4 Å². The molecular weight excluding hydrogens is 416 g/mol. The summed E-state index contributed by atoms with van der Waals surface area (Å²) >= 11 is 0. The molecule has 0 aliphatic carbocycles. The number of nitriles is 1. The number of nitrogens with zero attached hydrogens (tertiary/aromatic N) is 4. The first-order chi connectivity index (χ1) is 15.1. The third-order valence-corrected chi connectivity index (χ3v) is 3.79. The third-order valence-electron chi connectivity index (χ3n) is 3.79. The van der Waals surface area contributed by atoms with Crippen LogP contribution in [0.3, 0.4) is 0 Å². The van der Waals surface area contributed by atoms with Gasteiger partial charge in [0.05, 0.1) is 39.2 Å².